The van der Waals surface area contributed by atoms with Crippen molar-refractivity contribution in [2.24, 2.45) is 5.73 Å². The van der Waals surface area contributed by atoms with Crippen molar-refractivity contribution in [2.75, 3.05) is 5.32 Å². The molecule has 0 bridgehead atoms. The van der Waals surface area contributed by atoms with Crippen LogP contribution in [0.15, 0.2) is 24.4 Å². The predicted molar refractivity (Wildman–Crippen MR) is 82.5 cm³/mol. The van der Waals surface area contributed by atoms with E-state index in [-0.39, 0.29) is 17.6 Å². The standard InChI is InChI=1S/C15H17N5O2/c16-14(21)9-7-12-11(17-8-9)5-6-13(19-12)20-15(22)18-10-3-1-2-4-10/h5-8,10H,1-4H2,(H2,16,21)(H2,18,19,20,22). The van der Waals surface area contributed by atoms with E-state index < -0.39 is 5.91 Å². The summed E-state index contributed by atoms with van der Waals surface area (Å²) in [6, 6.07) is 4.94. The summed E-state index contributed by atoms with van der Waals surface area (Å²) in [4.78, 5) is 31.5. The van der Waals surface area contributed by atoms with E-state index in [1.807, 2.05) is 0 Å². The maximum atomic E-state index is 11.9. The number of hydrogen-bond donors (Lipinski definition) is 3. The lowest BCUT2D eigenvalue weighted by molar-refractivity contribution is 0.1000. The Balaban J connectivity index is 1.75. The van der Waals surface area contributed by atoms with E-state index in [2.05, 4.69) is 20.6 Å². The van der Waals surface area contributed by atoms with Gasteiger partial charge in [-0.1, -0.05) is 12.8 Å². The van der Waals surface area contributed by atoms with Crippen molar-refractivity contribution in [3.05, 3.63) is 30.0 Å². The molecule has 0 atom stereocenters. The van der Waals surface area contributed by atoms with Gasteiger partial charge in [-0.05, 0) is 31.0 Å². The number of carbonyl (C=O) groups is 2. The van der Waals surface area contributed by atoms with Crippen LogP contribution in [0.25, 0.3) is 11.0 Å². The number of nitrogens with two attached hydrogens (primary N) is 1. The summed E-state index contributed by atoms with van der Waals surface area (Å²) in [6.45, 7) is 0. The fourth-order valence-corrected chi connectivity index (χ4v) is 2.62. The molecule has 3 rings (SSSR count). The van der Waals surface area contributed by atoms with Crippen LogP contribution in [0.1, 0.15) is 36.0 Å². The number of nitrogens with zero attached hydrogens (tertiary/aromatic N) is 2. The third-order valence-corrected chi connectivity index (χ3v) is 3.75. The van der Waals surface area contributed by atoms with Crippen molar-refractivity contribution in [3.8, 4) is 0 Å². The van der Waals surface area contributed by atoms with Crippen molar-refractivity contribution < 1.29 is 9.59 Å². The van der Waals surface area contributed by atoms with E-state index in [4.69, 9.17) is 5.73 Å². The Hall–Kier alpha value is -2.70. The highest BCUT2D eigenvalue weighted by Crippen LogP contribution is 2.18. The second-order valence-electron chi connectivity index (χ2n) is 5.40. The third-order valence-electron chi connectivity index (χ3n) is 3.75. The molecule has 4 N–H and O–H groups in total. The molecule has 0 spiro atoms. The number of rotatable bonds is 3. The van der Waals surface area contributed by atoms with Crippen molar-refractivity contribution in [2.45, 2.75) is 31.7 Å². The summed E-state index contributed by atoms with van der Waals surface area (Å²) >= 11 is 0. The van der Waals surface area contributed by atoms with Crippen LogP contribution in [0.5, 0.6) is 0 Å². The van der Waals surface area contributed by atoms with E-state index in [1.54, 1.807) is 18.2 Å². The van der Waals surface area contributed by atoms with Gasteiger partial charge in [-0.3, -0.25) is 15.1 Å². The molecule has 0 unspecified atom stereocenters. The average molecular weight is 299 g/mol. The first-order chi connectivity index (χ1) is 10.6. The van der Waals surface area contributed by atoms with Crippen LogP contribution in [-0.2, 0) is 0 Å². The first kappa shape index (κ1) is 14.2. The number of anilines is 1. The molecule has 1 aliphatic carbocycles. The van der Waals surface area contributed by atoms with Gasteiger partial charge in [0.15, 0.2) is 0 Å². The number of nitrogens with one attached hydrogen (secondary N) is 2. The van der Waals surface area contributed by atoms with Crippen molar-refractivity contribution in [1.82, 2.24) is 15.3 Å². The second kappa shape index (κ2) is 5.97. The van der Waals surface area contributed by atoms with Crippen molar-refractivity contribution in [3.63, 3.8) is 0 Å². The molecule has 7 heteroatoms. The van der Waals surface area contributed by atoms with Crippen LogP contribution in [0.3, 0.4) is 0 Å². The summed E-state index contributed by atoms with van der Waals surface area (Å²) in [5.41, 5.74) is 6.65. The number of fused-ring (bicyclic) bond motifs is 1. The molecule has 7 nitrogen and oxygen atoms in total. The molecular weight excluding hydrogens is 282 g/mol. The molecule has 1 fully saturated rings. The number of aromatic nitrogens is 2. The zero-order valence-corrected chi connectivity index (χ0v) is 12.0. The molecule has 0 radical (unpaired) electrons. The zero-order valence-electron chi connectivity index (χ0n) is 12.0. The number of hydrogen-bond acceptors (Lipinski definition) is 4. The smallest absolute Gasteiger partial charge is 0.320 e. The summed E-state index contributed by atoms with van der Waals surface area (Å²) in [5, 5.41) is 5.63. The highest BCUT2D eigenvalue weighted by atomic mass is 16.2. The zero-order chi connectivity index (χ0) is 15.5. The van der Waals surface area contributed by atoms with E-state index in [1.165, 1.54) is 6.20 Å². The largest absolute Gasteiger partial charge is 0.366 e. The van der Waals surface area contributed by atoms with Crippen LogP contribution >= 0.6 is 0 Å². The molecule has 22 heavy (non-hydrogen) atoms. The lowest BCUT2D eigenvalue weighted by atomic mass is 10.2. The van der Waals surface area contributed by atoms with E-state index in [0.717, 1.165) is 25.7 Å². The first-order valence-electron chi connectivity index (χ1n) is 7.26. The summed E-state index contributed by atoms with van der Waals surface area (Å²) in [6.07, 6.45) is 5.75. The first-order valence-corrected chi connectivity index (χ1v) is 7.26. The van der Waals surface area contributed by atoms with E-state index in [0.29, 0.717) is 16.9 Å². The maximum absolute atomic E-state index is 11.9. The van der Waals surface area contributed by atoms with Crippen LogP contribution in [0, 0.1) is 0 Å². The summed E-state index contributed by atoms with van der Waals surface area (Å²) < 4.78 is 0. The Kier molecular flexibility index (Phi) is 3.86. The third kappa shape index (κ3) is 3.13. The summed E-state index contributed by atoms with van der Waals surface area (Å²) in [5.74, 6) is -0.153. The molecule has 0 aromatic carbocycles. The van der Waals surface area contributed by atoms with E-state index in [9.17, 15) is 9.59 Å². The molecule has 0 saturated heterocycles. The fraction of sp³-hybridized carbons (Fsp3) is 0.333. The molecule has 114 valence electrons. The highest BCUT2D eigenvalue weighted by Gasteiger charge is 2.17. The van der Waals surface area contributed by atoms with Crippen molar-refractivity contribution >= 4 is 28.8 Å². The molecule has 2 heterocycles. The van der Waals surface area contributed by atoms with Crippen LogP contribution < -0.4 is 16.4 Å². The lowest BCUT2D eigenvalue weighted by Gasteiger charge is -2.12. The molecule has 2 aromatic heterocycles. The summed E-state index contributed by atoms with van der Waals surface area (Å²) in [7, 11) is 0. The number of primary amides is 1. The van der Waals surface area contributed by atoms with Gasteiger partial charge in [-0.2, -0.15) is 0 Å². The molecule has 1 aliphatic rings. The number of urea groups is 1. The number of pyridine rings is 2. The Morgan fingerprint density at radius 3 is 2.68 bits per heavy atom. The Morgan fingerprint density at radius 1 is 1.18 bits per heavy atom. The minimum atomic E-state index is -0.562. The van der Waals surface area contributed by atoms with Gasteiger partial charge in [0.1, 0.15) is 5.82 Å². The van der Waals surface area contributed by atoms with Gasteiger partial charge < -0.3 is 11.1 Å². The molecular formula is C15H17N5O2. The van der Waals surface area contributed by atoms with Gasteiger partial charge >= 0.3 is 6.03 Å². The Labute approximate surface area is 127 Å². The van der Waals surface area contributed by atoms with Gasteiger partial charge in [0, 0.05) is 12.2 Å². The van der Waals surface area contributed by atoms with Gasteiger partial charge in [0.2, 0.25) is 5.91 Å². The maximum Gasteiger partial charge on any atom is 0.320 e. The minimum Gasteiger partial charge on any atom is -0.366 e. The monoisotopic (exact) mass is 299 g/mol. The van der Waals surface area contributed by atoms with Crippen LogP contribution in [0.4, 0.5) is 10.6 Å². The number of carbonyl (C=O) groups excluding carboxylic acids is 2. The van der Waals surface area contributed by atoms with Gasteiger partial charge in [0.05, 0.1) is 16.6 Å². The molecule has 3 amide bonds. The fourth-order valence-electron chi connectivity index (χ4n) is 2.62. The van der Waals surface area contributed by atoms with Gasteiger partial charge in [-0.25, -0.2) is 9.78 Å². The predicted octanol–water partition coefficient (Wildman–Crippen LogP) is 1.79. The Morgan fingerprint density at radius 2 is 1.95 bits per heavy atom. The molecule has 0 aliphatic heterocycles. The lowest BCUT2D eigenvalue weighted by Crippen LogP contribution is -2.36. The average Bonchev–Trinajstić information content (AvgIpc) is 2.99. The molecule has 2 aromatic rings. The quantitative estimate of drug-likeness (QED) is 0.802. The van der Waals surface area contributed by atoms with Gasteiger partial charge in [-0.15, -0.1) is 0 Å². The van der Waals surface area contributed by atoms with Crippen molar-refractivity contribution in [1.29, 1.82) is 0 Å². The Bertz CT molecular complexity index is 725. The molecule has 1 saturated carbocycles. The minimum absolute atomic E-state index is 0.239. The normalized spacial score (nSPS) is 14.9. The van der Waals surface area contributed by atoms with Crippen LogP contribution in [0.2, 0.25) is 0 Å². The van der Waals surface area contributed by atoms with Gasteiger partial charge in [0.25, 0.3) is 0 Å². The SMILES string of the molecule is NC(=O)c1cnc2ccc(NC(=O)NC3CCCC3)nc2c1. The topological polar surface area (TPSA) is 110 Å². The van der Waals surface area contributed by atoms with Crippen LogP contribution in [-0.4, -0.2) is 27.9 Å². The number of amides is 3. The van der Waals surface area contributed by atoms with E-state index >= 15 is 0 Å². The second-order valence-corrected chi connectivity index (χ2v) is 5.40. The highest BCUT2D eigenvalue weighted by molar-refractivity contribution is 5.96.